The van der Waals surface area contributed by atoms with Gasteiger partial charge in [0.05, 0.1) is 5.41 Å². The van der Waals surface area contributed by atoms with E-state index < -0.39 is 19.7 Å². The molecular formula is C53H46O2P2. The highest BCUT2D eigenvalue weighted by molar-refractivity contribution is 7.85. The first-order chi connectivity index (χ1) is 27.6. The van der Waals surface area contributed by atoms with Crippen LogP contribution in [0.3, 0.4) is 0 Å². The van der Waals surface area contributed by atoms with Gasteiger partial charge in [-0.25, -0.2) is 0 Å². The summed E-state index contributed by atoms with van der Waals surface area (Å²) >= 11 is 0. The highest BCUT2D eigenvalue weighted by Gasteiger charge is 2.40. The summed E-state index contributed by atoms with van der Waals surface area (Å²) in [6.07, 6.45) is 0. The minimum Gasteiger partial charge on any atom is -0.309 e. The van der Waals surface area contributed by atoms with Gasteiger partial charge in [-0.15, -0.1) is 0 Å². The Morgan fingerprint density at radius 3 is 0.684 bits per heavy atom. The van der Waals surface area contributed by atoms with E-state index in [-0.39, 0.29) is 0 Å². The van der Waals surface area contributed by atoms with Crippen LogP contribution < -0.4 is 31.8 Å². The van der Waals surface area contributed by atoms with E-state index in [1.807, 2.05) is 109 Å². The van der Waals surface area contributed by atoms with Crippen LogP contribution in [0.2, 0.25) is 0 Å². The van der Waals surface area contributed by atoms with Crippen molar-refractivity contribution in [3.8, 4) is 0 Å². The van der Waals surface area contributed by atoms with Gasteiger partial charge in [0.15, 0.2) is 14.3 Å². The van der Waals surface area contributed by atoms with Gasteiger partial charge in [-0.2, -0.15) is 0 Å². The molecule has 0 fully saturated rings. The zero-order valence-electron chi connectivity index (χ0n) is 32.8. The van der Waals surface area contributed by atoms with Crippen LogP contribution in [0.25, 0.3) is 0 Å². The van der Waals surface area contributed by atoms with Crippen LogP contribution in [0.15, 0.2) is 206 Å². The monoisotopic (exact) mass is 776 g/mol. The van der Waals surface area contributed by atoms with Crippen LogP contribution in [-0.2, 0) is 14.5 Å². The Morgan fingerprint density at radius 2 is 0.456 bits per heavy atom. The number of rotatable bonds is 10. The molecule has 8 aromatic rings. The van der Waals surface area contributed by atoms with Crippen molar-refractivity contribution in [2.45, 2.75) is 33.1 Å². The van der Waals surface area contributed by atoms with Crippen LogP contribution in [-0.4, -0.2) is 0 Å². The van der Waals surface area contributed by atoms with Crippen LogP contribution in [0, 0.1) is 27.7 Å². The fourth-order valence-corrected chi connectivity index (χ4v) is 13.3. The molecule has 0 aliphatic heterocycles. The van der Waals surface area contributed by atoms with Crippen LogP contribution >= 0.6 is 14.3 Å². The fraction of sp³-hybridized carbons (Fsp3) is 0.0943. The summed E-state index contributed by atoms with van der Waals surface area (Å²) < 4.78 is 31.2. The predicted molar refractivity (Wildman–Crippen MR) is 242 cm³/mol. The third kappa shape index (κ3) is 6.89. The summed E-state index contributed by atoms with van der Waals surface area (Å²) in [6, 6.07) is 70.4. The van der Waals surface area contributed by atoms with Crippen LogP contribution in [0.4, 0.5) is 0 Å². The fourth-order valence-electron chi connectivity index (χ4n) is 8.13. The molecule has 280 valence electrons. The second kappa shape index (κ2) is 15.6. The lowest BCUT2D eigenvalue weighted by molar-refractivity contribution is 0.591. The highest BCUT2D eigenvalue weighted by Crippen LogP contribution is 2.48. The molecule has 0 atom stereocenters. The molecule has 0 amide bonds. The zero-order valence-corrected chi connectivity index (χ0v) is 34.6. The van der Waals surface area contributed by atoms with Crippen molar-refractivity contribution in [2.24, 2.45) is 0 Å². The van der Waals surface area contributed by atoms with E-state index in [9.17, 15) is 0 Å². The Morgan fingerprint density at radius 1 is 0.263 bits per heavy atom. The lowest BCUT2D eigenvalue weighted by Gasteiger charge is -2.37. The van der Waals surface area contributed by atoms with E-state index in [1.165, 1.54) is 0 Å². The number of hydrogen-bond donors (Lipinski definition) is 0. The predicted octanol–water partition coefficient (Wildman–Crippen LogP) is 10.6. The topological polar surface area (TPSA) is 34.1 Å². The molecule has 8 aromatic carbocycles. The highest BCUT2D eigenvalue weighted by atomic mass is 31.2. The Kier molecular flexibility index (Phi) is 10.5. The van der Waals surface area contributed by atoms with Crippen LogP contribution in [0.1, 0.15) is 44.5 Å². The van der Waals surface area contributed by atoms with E-state index in [0.717, 1.165) is 76.3 Å². The molecule has 0 N–H and O–H groups in total. The van der Waals surface area contributed by atoms with Crippen molar-refractivity contribution in [2.75, 3.05) is 0 Å². The molecule has 0 aliphatic rings. The van der Waals surface area contributed by atoms with Crippen molar-refractivity contribution in [3.05, 3.63) is 251 Å². The second-order valence-corrected chi connectivity index (χ2v) is 20.7. The maximum absolute atomic E-state index is 15.6. The van der Waals surface area contributed by atoms with E-state index in [4.69, 9.17) is 0 Å². The van der Waals surface area contributed by atoms with Crippen molar-refractivity contribution >= 4 is 46.1 Å². The van der Waals surface area contributed by atoms with Gasteiger partial charge in [0.1, 0.15) is 0 Å². The average molecular weight is 777 g/mol. The molecule has 2 nitrogen and oxygen atoms in total. The molecule has 0 aromatic heterocycles. The lowest BCUT2D eigenvalue weighted by Crippen LogP contribution is -2.32. The Balaban J connectivity index is 1.33. The third-order valence-corrected chi connectivity index (χ3v) is 17.5. The number of hydrogen-bond acceptors (Lipinski definition) is 2. The first-order valence-corrected chi connectivity index (χ1v) is 22.9. The van der Waals surface area contributed by atoms with Gasteiger partial charge in [0, 0.05) is 31.8 Å². The molecule has 57 heavy (non-hydrogen) atoms. The molecule has 0 saturated heterocycles. The van der Waals surface area contributed by atoms with Crippen molar-refractivity contribution in [3.63, 3.8) is 0 Å². The van der Waals surface area contributed by atoms with Crippen molar-refractivity contribution in [1.82, 2.24) is 0 Å². The van der Waals surface area contributed by atoms with Gasteiger partial charge in [0.2, 0.25) is 0 Å². The van der Waals surface area contributed by atoms with Gasteiger partial charge in [0.25, 0.3) is 0 Å². The summed E-state index contributed by atoms with van der Waals surface area (Å²) in [4.78, 5) is 0. The smallest absolute Gasteiger partial charge is 0.171 e. The van der Waals surface area contributed by atoms with E-state index in [0.29, 0.717) is 0 Å². The minimum atomic E-state index is -3.23. The van der Waals surface area contributed by atoms with Gasteiger partial charge in [-0.3, -0.25) is 0 Å². The molecule has 0 heterocycles. The molecule has 0 bridgehead atoms. The third-order valence-electron chi connectivity index (χ3n) is 11.3. The van der Waals surface area contributed by atoms with E-state index in [1.54, 1.807) is 0 Å². The van der Waals surface area contributed by atoms with Gasteiger partial charge >= 0.3 is 0 Å². The first-order valence-electron chi connectivity index (χ1n) is 19.5. The summed E-state index contributed by atoms with van der Waals surface area (Å²) in [5, 5.41) is 4.80. The average Bonchev–Trinajstić information content (AvgIpc) is 3.26. The Bertz CT molecular complexity index is 2410. The van der Waals surface area contributed by atoms with Gasteiger partial charge in [-0.1, -0.05) is 229 Å². The maximum Gasteiger partial charge on any atom is 0.171 e. The number of benzene rings is 8. The first kappa shape index (κ1) is 38.1. The quantitative estimate of drug-likeness (QED) is 0.102. The Hall–Kier alpha value is -5.78. The zero-order chi connectivity index (χ0) is 39.6. The summed E-state index contributed by atoms with van der Waals surface area (Å²) in [5.74, 6) is 0. The molecule has 4 heteroatoms. The molecule has 8 rings (SSSR count). The summed E-state index contributed by atoms with van der Waals surface area (Å²) in [5.41, 5.74) is 8.01. The van der Waals surface area contributed by atoms with Crippen molar-refractivity contribution < 1.29 is 9.13 Å². The normalized spacial score (nSPS) is 12.0. The van der Waals surface area contributed by atoms with Crippen molar-refractivity contribution in [1.29, 1.82) is 0 Å². The van der Waals surface area contributed by atoms with Gasteiger partial charge < -0.3 is 9.13 Å². The molecule has 0 unspecified atom stereocenters. The lowest BCUT2D eigenvalue weighted by atomic mass is 9.65. The summed E-state index contributed by atoms with van der Waals surface area (Å²) in [6.45, 7) is 8.22. The standard InChI is InChI=1S/C53H46O2P2/c1-39-15-27-47(28-16-39)56(54,48-29-17-40(2)18-30-48)51-35-23-45(24-36-51)53(43-11-7-5-8-12-43,44-13-9-6-10-14-44)46-25-37-52(38-26-46)57(55,49-31-19-41(3)20-32-49)50-33-21-42(4)22-34-50/h5-38H,1-4H3. The SMILES string of the molecule is Cc1ccc(P(=O)(c2ccc(C)cc2)c2ccc(C(c3ccccc3)(c3ccccc3)c3ccc(P(=O)(c4ccc(C)cc4)c4ccc(C)cc4)cc3)cc2)cc1. The minimum absolute atomic E-state index is 0.755. The van der Waals surface area contributed by atoms with Gasteiger partial charge in [-0.05, 0) is 49.9 Å². The molecule has 0 radical (unpaired) electrons. The maximum atomic E-state index is 15.6. The number of aryl methyl sites for hydroxylation is 4. The molecule has 0 spiro atoms. The summed E-state index contributed by atoms with van der Waals surface area (Å²) in [7, 11) is -6.45. The van der Waals surface area contributed by atoms with Crippen LogP contribution in [0.5, 0.6) is 0 Å². The second-order valence-electron chi connectivity index (χ2n) is 15.1. The van der Waals surface area contributed by atoms with E-state index >= 15 is 9.13 Å². The Labute approximate surface area is 337 Å². The molecule has 0 aliphatic carbocycles. The molecule has 0 saturated carbocycles. The van der Waals surface area contributed by atoms with E-state index in [2.05, 4.69) is 125 Å². The molecular weight excluding hydrogens is 731 g/mol. The largest absolute Gasteiger partial charge is 0.309 e.